The summed E-state index contributed by atoms with van der Waals surface area (Å²) in [5, 5.41) is 0. The van der Waals surface area contributed by atoms with Crippen LogP contribution in [0.4, 0.5) is 0 Å². The van der Waals surface area contributed by atoms with Crippen molar-refractivity contribution >= 4 is 23.4 Å². The molecule has 0 aliphatic carbocycles. The molecule has 8 nitrogen and oxygen atoms in total. The number of carbonyl (C=O) groups excluding carboxylic acids is 1. The smallest absolute Gasteiger partial charge is 0.338 e. The fourth-order valence-corrected chi connectivity index (χ4v) is 6.22. The standard InChI is InChI=1S/C35H34N2O6S/c1-6-11-25-18-24(14-16-28(25)43-21-23-12-9-8-10-13-23)19-30-33(38)37-32(27-20-26(40-4)15-17-29(27)41-5)31(34(39)42-7-2)22(3)36-35(37)44-30/h6,8-10,12-20,32H,1,7,11,21H2,2-5H3/b30-19+/t32-/m0/s1. The van der Waals surface area contributed by atoms with Crippen molar-refractivity contribution in [2.75, 3.05) is 20.8 Å². The monoisotopic (exact) mass is 610 g/mol. The molecule has 0 amide bonds. The van der Waals surface area contributed by atoms with Gasteiger partial charge in [0.15, 0.2) is 4.80 Å². The summed E-state index contributed by atoms with van der Waals surface area (Å²) in [5.41, 5.74) is 3.90. The second-order valence-corrected chi connectivity index (χ2v) is 11.1. The molecule has 1 atom stereocenters. The topological polar surface area (TPSA) is 88.4 Å². The Balaban J connectivity index is 1.62. The van der Waals surface area contributed by atoms with Gasteiger partial charge in [0.25, 0.3) is 5.56 Å². The molecule has 4 aromatic rings. The lowest BCUT2D eigenvalue weighted by Crippen LogP contribution is -2.40. The van der Waals surface area contributed by atoms with E-state index in [1.807, 2.05) is 60.7 Å². The summed E-state index contributed by atoms with van der Waals surface area (Å²) in [5.74, 6) is 1.28. The van der Waals surface area contributed by atoms with Crippen LogP contribution in [0.15, 0.2) is 100 Å². The van der Waals surface area contributed by atoms with Crippen molar-refractivity contribution < 1.29 is 23.7 Å². The van der Waals surface area contributed by atoms with Crippen LogP contribution < -0.4 is 29.1 Å². The molecule has 1 aliphatic heterocycles. The number of thiazole rings is 1. The average molecular weight is 611 g/mol. The van der Waals surface area contributed by atoms with Crippen molar-refractivity contribution in [3.63, 3.8) is 0 Å². The van der Waals surface area contributed by atoms with Crippen LogP contribution in [0.5, 0.6) is 17.2 Å². The Bertz CT molecular complexity index is 1910. The lowest BCUT2D eigenvalue weighted by molar-refractivity contribution is -0.139. The Kier molecular flexibility index (Phi) is 9.45. The number of rotatable bonds is 11. The molecule has 0 radical (unpaired) electrons. The zero-order chi connectivity index (χ0) is 31.2. The summed E-state index contributed by atoms with van der Waals surface area (Å²) in [7, 11) is 3.10. The molecular weight excluding hydrogens is 576 g/mol. The largest absolute Gasteiger partial charge is 0.497 e. The van der Waals surface area contributed by atoms with Crippen LogP contribution in [0.3, 0.4) is 0 Å². The molecule has 0 bridgehead atoms. The third-order valence-electron chi connectivity index (χ3n) is 7.23. The molecule has 0 spiro atoms. The Hall–Kier alpha value is -4.89. The van der Waals surface area contributed by atoms with E-state index < -0.39 is 12.0 Å². The van der Waals surface area contributed by atoms with E-state index in [0.717, 1.165) is 22.4 Å². The summed E-state index contributed by atoms with van der Waals surface area (Å²) < 4.78 is 24.7. The highest BCUT2D eigenvalue weighted by Gasteiger charge is 2.35. The Labute approximate surface area is 259 Å². The van der Waals surface area contributed by atoms with E-state index in [9.17, 15) is 9.59 Å². The number of carbonyl (C=O) groups is 1. The molecule has 1 aromatic heterocycles. The van der Waals surface area contributed by atoms with E-state index in [0.29, 0.717) is 45.1 Å². The van der Waals surface area contributed by atoms with E-state index >= 15 is 0 Å². The molecule has 2 heterocycles. The van der Waals surface area contributed by atoms with Gasteiger partial charge in [-0.1, -0.05) is 53.8 Å². The highest BCUT2D eigenvalue weighted by Crippen LogP contribution is 2.37. The van der Waals surface area contributed by atoms with Gasteiger partial charge in [-0.05, 0) is 73.4 Å². The minimum absolute atomic E-state index is 0.181. The molecule has 0 fully saturated rings. The molecule has 0 saturated heterocycles. The quantitative estimate of drug-likeness (QED) is 0.173. The normalized spacial score (nSPS) is 14.5. The van der Waals surface area contributed by atoms with Crippen molar-refractivity contribution in [2.45, 2.75) is 32.9 Å². The molecule has 5 rings (SSSR count). The van der Waals surface area contributed by atoms with E-state index in [1.54, 1.807) is 46.3 Å². The zero-order valence-electron chi connectivity index (χ0n) is 25.2. The van der Waals surface area contributed by atoms with E-state index in [1.165, 1.54) is 15.9 Å². The van der Waals surface area contributed by atoms with Crippen LogP contribution in [0.25, 0.3) is 6.08 Å². The summed E-state index contributed by atoms with van der Waals surface area (Å²) in [6.07, 6.45) is 4.26. The van der Waals surface area contributed by atoms with Crippen molar-refractivity contribution in [1.82, 2.24) is 4.57 Å². The molecule has 0 N–H and O–H groups in total. The first-order valence-corrected chi connectivity index (χ1v) is 15.0. The lowest BCUT2D eigenvalue weighted by Gasteiger charge is -2.26. The summed E-state index contributed by atoms with van der Waals surface area (Å²) in [6.45, 7) is 8.01. The number of nitrogens with zero attached hydrogens (tertiary/aromatic N) is 2. The van der Waals surface area contributed by atoms with Crippen molar-refractivity contribution in [3.05, 3.63) is 133 Å². The van der Waals surface area contributed by atoms with Crippen molar-refractivity contribution in [1.29, 1.82) is 0 Å². The van der Waals surface area contributed by atoms with Crippen molar-refractivity contribution in [3.8, 4) is 17.2 Å². The fraction of sp³-hybridized carbons (Fsp3) is 0.229. The van der Waals surface area contributed by atoms with Gasteiger partial charge in [-0.2, -0.15) is 0 Å². The first-order valence-electron chi connectivity index (χ1n) is 14.2. The van der Waals surface area contributed by atoms with E-state index in [4.69, 9.17) is 18.9 Å². The number of methoxy groups -OCH3 is 2. The minimum Gasteiger partial charge on any atom is -0.497 e. The Morgan fingerprint density at radius 1 is 1.05 bits per heavy atom. The number of hydrogen-bond acceptors (Lipinski definition) is 8. The Morgan fingerprint density at radius 2 is 1.82 bits per heavy atom. The van der Waals surface area contributed by atoms with Crippen LogP contribution in [0, 0.1) is 0 Å². The fourth-order valence-electron chi connectivity index (χ4n) is 5.17. The molecule has 0 unspecified atom stereocenters. The van der Waals surface area contributed by atoms with Crippen LogP contribution in [0.1, 0.15) is 42.1 Å². The van der Waals surface area contributed by atoms with Crippen LogP contribution in [-0.2, 0) is 22.6 Å². The predicted molar refractivity (Wildman–Crippen MR) is 171 cm³/mol. The van der Waals surface area contributed by atoms with E-state index in [2.05, 4.69) is 11.6 Å². The number of aromatic nitrogens is 1. The van der Waals surface area contributed by atoms with Gasteiger partial charge in [0, 0.05) is 5.56 Å². The number of benzene rings is 3. The molecular formula is C35H34N2O6S. The average Bonchev–Trinajstić information content (AvgIpc) is 3.34. The number of ether oxygens (including phenoxy) is 4. The molecule has 3 aromatic carbocycles. The van der Waals surface area contributed by atoms with Gasteiger partial charge in [-0.25, -0.2) is 9.79 Å². The number of fused-ring (bicyclic) bond motifs is 1. The lowest BCUT2D eigenvalue weighted by atomic mass is 9.94. The second-order valence-electron chi connectivity index (χ2n) is 10.0. The number of hydrogen-bond donors (Lipinski definition) is 0. The maximum Gasteiger partial charge on any atom is 0.338 e. The molecule has 1 aliphatic rings. The van der Waals surface area contributed by atoms with Crippen molar-refractivity contribution in [2.24, 2.45) is 4.99 Å². The second kappa shape index (κ2) is 13.6. The third kappa shape index (κ3) is 6.23. The highest BCUT2D eigenvalue weighted by molar-refractivity contribution is 7.07. The molecule has 44 heavy (non-hydrogen) atoms. The molecule has 9 heteroatoms. The number of esters is 1. The summed E-state index contributed by atoms with van der Waals surface area (Å²) in [6, 6.07) is 20.3. The van der Waals surface area contributed by atoms with Crippen LogP contribution in [-0.4, -0.2) is 31.4 Å². The third-order valence-corrected chi connectivity index (χ3v) is 8.22. The predicted octanol–water partition coefficient (Wildman–Crippen LogP) is 5.12. The van der Waals surface area contributed by atoms with Crippen LogP contribution >= 0.6 is 11.3 Å². The van der Waals surface area contributed by atoms with Gasteiger partial charge >= 0.3 is 5.97 Å². The SMILES string of the molecule is C=CCc1cc(/C=c2/sc3n(c2=O)[C@@H](c2cc(OC)ccc2OC)C(C(=O)OCC)=C(C)N=3)ccc1OCc1ccccc1. The minimum atomic E-state index is -0.831. The summed E-state index contributed by atoms with van der Waals surface area (Å²) >= 11 is 1.26. The zero-order valence-corrected chi connectivity index (χ0v) is 26.0. The van der Waals surface area contributed by atoms with Gasteiger partial charge in [-0.15, -0.1) is 6.58 Å². The molecule has 0 saturated carbocycles. The van der Waals surface area contributed by atoms with E-state index in [-0.39, 0.29) is 17.7 Å². The highest BCUT2D eigenvalue weighted by atomic mass is 32.1. The van der Waals surface area contributed by atoms with Gasteiger partial charge < -0.3 is 18.9 Å². The van der Waals surface area contributed by atoms with Gasteiger partial charge in [-0.3, -0.25) is 9.36 Å². The van der Waals surface area contributed by atoms with Gasteiger partial charge in [0.1, 0.15) is 29.9 Å². The van der Waals surface area contributed by atoms with Gasteiger partial charge in [0.05, 0.1) is 36.6 Å². The summed E-state index contributed by atoms with van der Waals surface area (Å²) in [4.78, 5) is 32.6. The van der Waals surface area contributed by atoms with Gasteiger partial charge in [0.2, 0.25) is 0 Å². The maximum absolute atomic E-state index is 14.1. The van der Waals surface area contributed by atoms with Crippen LogP contribution in [0.2, 0.25) is 0 Å². The first kappa shape index (κ1) is 30.6. The first-order chi connectivity index (χ1) is 21.4. The number of allylic oxidation sites excluding steroid dienone is 2. The Morgan fingerprint density at radius 3 is 2.52 bits per heavy atom. The molecule has 226 valence electrons. The maximum atomic E-state index is 14.1.